The highest BCUT2D eigenvalue weighted by molar-refractivity contribution is 5.98. The summed E-state index contributed by atoms with van der Waals surface area (Å²) in [4.78, 5) is 58.1. The number of nitrogens with zero attached hydrogens (tertiary/aromatic N) is 2. The van der Waals surface area contributed by atoms with Crippen molar-refractivity contribution in [2.75, 3.05) is 19.7 Å². The Kier molecular flexibility index (Phi) is 11.0. The predicted molar refractivity (Wildman–Crippen MR) is 165 cm³/mol. The average molecular weight is 610 g/mol. The van der Waals surface area contributed by atoms with E-state index in [-0.39, 0.29) is 43.3 Å². The fourth-order valence-electron chi connectivity index (χ4n) is 7.35. The van der Waals surface area contributed by atoms with Crippen LogP contribution >= 0.6 is 0 Å². The summed E-state index contributed by atoms with van der Waals surface area (Å²) in [5.41, 5.74) is -0.496. The minimum absolute atomic E-state index is 0.0478. The van der Waals surface area contributed by atoms with Crippen LogP contribution < -0.4 is 5.32 Å². The van der Waals surface area contributed by atoms with Crippen LogP contribution in [0.15, 0.2) is 55.6 Å². The van der Waals surface area contributed by atoms with E-state index >= 15 is 0 Å². The lowest BCUT2D eigenvalue weighted by Gasteiger charge is -2.38. The number of esters is 1. The second-order valence-electron chi connectivity index (χ2n) is 12.2. The molecule has 8 atom stereocenters. The number of carbonyl (C=O) groups excluding carboxylic acids is 4. The van der Waals surface area contributed by atoms with Crippen molar-refractivity contribution in [3.05, 3.63) is 61.2 Å². The van der Waals surface area contributed by atoms with Gasteiger partial charge < -0.3 is 29.7 Å². The van der Waals surface area contributed by atoms with Gasteiger partial charge in [0.1, 0.15) is 17.7 Å². The van der Waals surface area contributed by atoms with Crippen LogP contribution in [0.1, 0.15) is 71.0 Å². The molecule has 10 heteroatoms. The number of carbonyl (C=O) groups is 4. The van der Waals surface area contributed by atoms with Crippen molar-refractivity contribution in [3.63, 3.8) is 0 Å². The number of hydrogen-bond donors (Lipinski definition) is 2. The lowest BCUT2D eigenvalue weighted by atomic mass is 9.70. The third-order valence-corrected chi connectivity index (χ3v) is 9.28. The molecule has 0 radical (unpaired) electrons. The van der Waals surface area contributed by atoms with Gasteiger partial charge in [-0.05, 0) is 45.1 Å². The van der Waals surface area contributed by atoms with E-state index in [1.165, 1.54) is 4.90 Å². The molecule has 3 fully saturated rings. The maximum atomic E-state index is 14.3. The normalized spacial score (nSPS) is 27.3. The number of benzene rings is 1. The third-order valence-electron chi connectivity index (χ3n) is 9.28. The lowest BCUT2D eigenvalue weighted by Crippen LogP contribution is -2.58. The molecule has 10 nitrogen and oxygen atoms in total. The van der Waals surface area contributed by atoms with Crippen LogP contribution in [0.4, 0.5) is 0 Å². The molecule has 1 spiro atoms. The molecule has 0 aliphatic carbocycles. The van der Waals surface area contributed by atoms with Crippen molar-refractivity contribution in [1.82, 2.24) is 15.1 Å². The number of likely N-dealkylation sites (tertiary alicyclic amines) is 1. The molecule has 4 rings (SSSR count). The van der Waals surface area contributed by atoms with Gasteiger partial charge in [-0.15, -0.1) is 13.2 Å². The van der Waals surface area contributed by atoms with E-state index in [0.717, 1.165) is 12.8 Å². The number of ether oxygens (including phenoxy) is 2. The molecular formula is C34H47N3O7. The number of β-amino-alcohol motifs (C(OH)–C–C–N with tert-alkyl or cyclic N) is 1. The number of nitrogens with one attached hydrogen (secondary N) is 1. The van der Waals surface area contributed by atoms with Crippen LogP contribution in [-0.4, -0.2) is 88.1 Å². The molecule has 0 aromatic heterocycles. The predicted octanol–water partition coefficient (Wildman–Crippen LogP) is 3.31. The zero-order chi connectivity index (χ0) is 32.0. The van der Waals surface area contributed by atoms with Crippen molar-refractivity contribution >= 4 is 23.7 Å². The summed E-state index contributed by atoms with van der Waals surface area (Å²) in [5.74, 6) is -3.28. The molecule has 3 aliphatic rings. The molecule has 1 unspecified atom stereocenters. The van der Waals surface area contributed by atoms with Crippen molar-refractivity contribution in [2.45, 2.75) is 95.2 Å². The zero-order valence-corrected chi connectivity index (χ0v) is 26.2. The van der Waals surface area contributed by atoms with Gasteiger partial charge in [0.15, 0.2) is 0 Å². The third kappa shape index (κ3) is 6.33. The van der Waals surface area contributed by atoms with Crippen LogP contribution in [0, 0.1) is 11.8 Å². The van der Waals surface area contributed by atoms with Gasteiger partial charge in [0.25, 0.3) is 0 Å². The smallest absolute Gasteiger partial charge is 0.313 e. The van der Waals surface area contributed by atoms with Crippen molar-refractivity contribution in [2.24, 2.45) is 11.8 Å². The Morgan fingerprint density at radius 2 is 1.95 bits per heavy atom. The van der Waals surface area contributed by atoms with E-state index < -0.39 is 47.7 Å². The molecule has 44 heavy (non-hydrogen) atoms. The maximum absolute atomic E-state index is 14.3. The molecule has 2 N–H and O–H groups in total. The summed E-state index contributed by atoms with van der Waals surface area (Å²) >= 11 is 0. The van der Waals surface area contributed by atoms with Crippen LogP contribution in [-0.2, 0) is 28.7 Å². The van der Waals surface area contributed by atoms with E-state index in [1.54, 1.807) is 24.0 Å². The second-order valence-corrected chi connectivity index (χ2v) is 12.2. The van der Waals surface area contributed by atoms with E-state index in [4.69, 9.17) is 9.47 Å². The SMILES string of the molecule is C=CCCC(=O)N[C@H](C)[C@@H](OC(=O)[C@@H]1[C@H]2C(=O)N(CCO)[C@H](C(=O)N(CC=C)C(C)CCC)[C@]23CC[C@H]1O3)c1ccccc1. The van der Waals surface area contributed by atoms with Crippen molar-refractivity contribution in [1.29, 1.82) is 0 Å². The molecular weight excluding hydrogens is 562 g/mol. The fourth-order valence-corrected chi connectivity index (χ4v) is 7.35. The highest BCUT2D eigenvalue weighted by Crippen LogP contribution is 2.59. The van der Waals surface area contributed by atoms with E-state index in [9.17, 15) is 24.3 Å². The van der Waals surface area contributed by atoms with Crippen molar-refractivity contribution < 1.29 is 33.8 Å². The Morgan fingerprint density at radius 3 is 2.59 bits per heavy atom. The van der Waals surface area contributed by atoms with Gasteiger partial charge in [0.2, 0.25) is 17.7 Å². The Bertz CT molecular complexity index is 1220. The maximum Gasteiger partial charge on any atom is 0.313 e. The minimum atomic E-state index is -1.20. The van der Waals surface area contributed by atoms with Gasteiger partial charge in [-0.1, -0.05) is 55.8 Å². The molecule has 3 aliphatic heterocycles. The van der Waals surface area contributed by atoms with E-state index in [2.05, 4.69) is 18.5 Å². The average Bonchev–Trinajstić information content (AvgIpc) is 3.65. The van der Waals surface area contributed by atoms with Crippen LogP contribution in [0.3, 0.4) is 0 Å². The highest BCUT2D eigenvalue weighted by Gasteiger charge is 2.75. The quantitative estimate of drug-likeness (QED) is 0.218. The first kappa shape index (κ1) is 33.4. The van der Waals surface area contributed by atoms with Gasteiger partial charge in [-0.2, -0.15) is 0 Å². The largest absolute Gasteiger partial charge is 0.455 e. The summed E-state index contributed by atoms with van der Waals surface area (Å²) in [6.07, 6.45) is 5.31. The molecule has 2 bridgehead atoms. The number of amides is 3. The summed E-state index contributed by atoms with van der Waals surface area (Å²) in [6.45, 7) is 13.2. The van der Waals surface area contributed by atoms with Gasteiger partial charge in [-0.25, -0.2) is 0 Å². The first-order valence-corrected chi connectivity index (χ1v) is 15.8. The molecule has 1 aromatic rings. The number of aliphatic hydroxyl groups excluding tert-OH is 1. The Morgan fingerprint density at radius 1 is 1.23 bits per heavy atom. The Balaban J connectivity index is 1.64. The lowest BCUT2D eigenvalue weighted by molar-refractivity contribution is -0.162. The molecule has 3 amide bonds. The Hall–Kier alpha value is -3.50. The van der Waals surface area contributed by atoms with E-state index in [1.807, 2.05) is 44.2 Å². The molecule has 1 aromatic carbocycles. The molecule has 0 saturated carbocycles. The van der Waals surface area contributed by atoms with Crippen molar-refractivity contribution in [3.8, 4) is 0 Å². The summed E-state index contributed by atoms with van der Waals surface area (Å²) in [7, 11) is 0. The number of allylic oxidation sites excluding steroid dienone is 1. The van der Waals surface area contributed by atoms with Crippen LogP contribution in [0.5, 0.6) is 0 Å². The number of rotatable bonds is 16. The molecule has 3 heterocycles. The van der Waals surface area contributed by atoms with Crippen LogP contribution in [0.2, 0.25) is 0 Å². The first-order chi connectivity index (χ1) is 21.1. The van der Waals surface area contributed by atoms with E-state index in [0.29, 0.717) is 31.4 Å². The summed E-state index contributed by atoms with van der Waals surface area (Å²) in [5, 5.41) is 12.8. The van der Waals surface area contributed by atoms with Gasteiger partial charge in [0, 0.05) is 25.6 Å². The molecule has 3 saturated heterocycles. The van der Waals surface area contributed by atoms with Gasteiger partial charge >= 0.3 is 5.97 Å². The topological polar surface area (TPSA) is 125 Å². The highest BCUT2D eigenvalue weighted by atomic mass is 16.6. The number of fused-ring (bicyclic) bond motifs is 1. The van der Waals surface area contributed by atoms with Gasteiger partial charge in [0.05, 0.1) is 30.6 Å². The molecule has 240 valence electrons. The zero-order valence-electron chi connectivity index (χ0n) is 26.2. The first-order valence-electron chi connectivity index (χ1n) is 15.8. The summed E-state index contributed by atoms with van der Waals surface area (Å²) < 4.78 is 12.7. The standard InChI is InChI=1S/C34H47N3O7/c1-6-9-16-26(39)35-23(5)29(24-14-11-10-12-15-24)43-33(42)27-25-17-18-34(44-25)28(27)31(40)37(20-21-38)30(34)32(41)36(19-8-3)22(4)13-7-2/h6,8,10-12,14-15,22-23,25,27-30,38H,1,3,7,9,13,16-21H2,2,4-5H3,(H,35,39)/t22?,23-,25-,27+,28+,29-,30-,34+/m1/s1. The second kappa shape index (κ2) is 14.5. The number of aliphatic hydroxyl groups is 1. The Labute approximate surface area is 260 Å². The fraction of sp³-hybridized carbons (Fsp3) is 0.588. The number of hydrogen-bond acceptors (Lipinski definition) is 7. The monoisotopic (exact) mass is 609 g/mol. The minimum Gasteiger partial charge on any atom is -0.455 e. The van der Waals surface area contributed by atoms with Gasteiger partial charge in [-0.3, -0.25) is 19.2 Å². The summed E-state index contributed by atoms with van der Waals surface area (Å²) in [6, 6.07) is 7.54. The van der Waals surface area contributed by atoms with Crippen LogP contribution in [0.25, 0.3) is 0 Å².